The monoisotopic (exact) mass is 291 g/mol. The molecule has 21 heavy (non-hydrogen) atoms. The highest BCUT2D eigenvalue weighted by atomic mass is 16.5. The van der Waals surface area contributed by atoms with Gasteiger partial charge in [-0.2, -0.15) is 0 Å². The van der Waals surface area contributed by atoms with Crippen LogP contribution in [0.4, 0.5) is 0 Å². The Bertz CT molecular complexity index is 491. The number of methoxy groups -OCH3 is 1. The summed E-state index contributed by atoms with van der Waals surface area (Å²) < 4.78 is 11.6. The number of hydrogen-bond donors (Lipinski definition) is 1. The van der Waals surface area contributed by atoms with Crippen molar-refractivity contribution < 1.29 is 14.6 Å². The predicted octanol–water partition coefficient (Wildman–Crippen LogP) is 2.24. The molecule has 3 rings (SSSR count). The van der Waals surface area contributed by atoms with Crippen LogP contribution in [-0.2, 0) is 6.42 Å². The Morgan fingerprint density at radius 2 is 1.95 bits per heavy atom. The molecule has 1 aliphatic carbocycles. The van der Waals surface area contributed by atoms with Crippen LogP contribution in [0.25, 0.3) is 0 Å². The minimum Gasteiger partial charge on any atom is -0.493 e. The fraction of sp³-hybridized carbons (Fsp3) is 0.647. The van der Waals surface area contributed by atoms with Crippen molar-refractivity contribution in [1.82, 2.24) is 4.90 Å². The highest BCUT2D eigenvalue weighted by molar-refractivity contribution is 5.43. The van der Waals surface area contributed by atoms with Gasteiger partial charge in [0.2, 0.25) is 0 Å². The normalized spacial score (nSPS) is 22.0. The van der Waals surface area contributed by atoms with E-state index in [9.17, 15) is 5.11 Å². The molecule has 1 saturated carbocycles. The zero-order valence-corrected chi connectivity index (χ0v) is 13.0. The summed E-state index contributed by atoms with van der Waals surface area (Å²) in [6.45, 7) is 2.15. The number of nitrogens with zero attached hydrogens (tertiary/aromatic N) is 1. The number of piperidine rings is 1. The van der Waals surface area contributed by atoms with E-state index in [2.05, 4.69) is 11.9 Å². The summed E-state index contributed by atoms with van der Waals surface area (Å²) in [7, 11) is 3.82. The Hall–Kier alpha value is -1.26. The lowest BCUT2D eigenvalue weighted by molar-refractivity contribution is 0.111. The van der Waals surface area contributed by atoms with Gasteiger partial charge in [-0.1, -0.05) is 6.07 Å². The number of ether oxygens (including phenoxy) is 2. The van der Waals surface area contributed by atoms with Crippen LogP contribution in [0.1, 0.15) is 31.2 Å². The van der Waals surface area contributed by atoms with Crippen LogP contribution < -0.4 is 9.47 Å². The largest absolute Gasteiger partial charge is 0.493 e. The fourth-order valence-corrected chi connectivity index (χ4v) is 2.91. The molecule has 1 heterocycles. The van der Waals surface area contributed by atoms with E-state index >= 15 is 0 Å². The molecule has 0 aromatic heterocycles. The average molecular weight is 291 g/mol. The van der Waals surface area contributed by atoms with Crippen molar-refractivity contribution in [3.05, 3.63) is 23.8 Å². The third-order valence-corrected chi connectivity index (χ3v) is 4.55. The first-order valence-electron chi connectivity index (χ1n) is 7.82. The van der Waals surface area contributed by atoms with Crippen molar-refractivity contribution in [3.63, 3.8) is 0 Å². The van der Waals surface area contributed by atoms with Gasteiger partial charge in [-0.25, -0.2) is 0 Å². The van der Waals surface area contributed by atoms with E-state index in [4.69, 9.17) is 9.47 Å². The highest BCUT2D eigenvalue weighted by Crippen LogP contribution is 2.40. The van der Waals surface area contributed by atoms with Crippen LogP contribution in [-0.4, -0.2) is 49.0 Å². The number of likely N-dealkylation sites (tertiary alicyclic amines) is 1. The van der Waals surface area contributed by atoms with Crippen LogP contribution >= 0.6 is 0 Å². The van der Waals surface area contributed by atoms with Gasteiger partial charge in [-0.05, 0) is 50.4 Å². The Balaban J connectivity index is 1.70. The molecule has 0 atom stereocenters. The van der Waals surface area contributed by atoms with Gasteiger partial charge in [0.25, 0.3) is 0 Å². The van der Waals surface area contributed by atoms with Gasteiger partial charge in [0.1, 0.15) is 6.10 Å². The van der Waals surface area contributed by atoms with Crippen LogP contribution in [0.15, 0.2) is 18.2 Å². The summed E-state index contributed by atoms with van der Waals surface area (Å²) in [5, 5.41) is 10.1. The van der Waals surface area contributed by atoms with Gasteiger partial charge in [0, 0.05) is 19.5 Å². The molecule has 1 N–H and O–H groups in total. The molecule has 1 aromatic carbocycles. The van der Waals surface area contributed by atoms with E-state index in [1.54, 1.807) is 7.11 Å². The Morgan fingerprint density at radius 1 is 1.24 bits per heavy atom. The number of aliphatic hydroxyl groups is 1. The molecule has 1 saturated heterocycles. The third kappa shape index (κ3) is 3.69. The summed E-state index contributed by atoms with van der Waals surface area (Å²) in [5.74, 6) is 1.59. The smallest absolute Gasteiger partial charge is 0.161 e. The minimum atomic E-state index is -0.473. The van der Waals surface area contributed by atoms with E-state index in [-0.39, 0.29) is 6.10 Å². The van der Waals surface area contributed by atoms with Crippen LogP contribution in [0, 0.1) is 0 Å². The zero-order chi connectivity index (χ0) is 14.9. The Morgan fingerprint density at radius 3 is 2.57 bits per heavy atom. The minimum absolute atomic E-state index is 0.259. The molecular weight excluding hydrogens is 266 g/mol. The van der Waals surface area contributed by atoms with Crippen molar-refractivity contribution in [2.24, 2.45) is 0 Å². The van der Waals surface area contributed by atoms with Crippen molar-refractivity contribution in [3.8, 4) is 11.5 Å². The molecule has 1 aromatic rings. The van der Waals surface area contributed by atoms with E-state index < -0.39 is 5.60 Å². The number of benzene rings is 1. The maximum absolute atomic E-state index is 10.1. The summed E-state index contributed by atoms with van der Waals surface area (Å²) in [4.78, 5) is 2.33. The molecule has 4 nitrogen and oxygen atoms in total. The first-order chi connectivity index (χ1) is 10.1. The molecular formula is C17H25NO3. The molecule has 0 spiro atoms. The summed E-state index contributed by atoms with van der Waals surface area (Å²) >= 11 is 0. The Kier molecular flexibility index (Phi) is 4.09. The summed E-state index contributed by atoms with van der Waals surface area (Å²) in [6.07, 6.45) is 4.88. The molecule has 2 fully saturated rings. The molecule has 0 unspecified atom stereocenters. The molecule has 4 heteroatoms. The molecule has 116 valence electrons. The first kappa shape index (κ1) is 14.7. The van der Waals surface area contributed by atoms with Crippen LogP contribution in [0.5, 0.6) is 11.5 Å². The predicted molar refractivity (Wildman–Crippen MR) is 82.0 cm³/mol. The number of rotatable bonds is 5. The van der Waals surface area contributed by atoms with Crippen molar-refractivity contribution in [1.29, 1.82) is 0 Å². The second-order valence-electron chi connectivity index (χ2n) is 6.51. The standard InChI is InChI=1S/C17H25NO3/c1-18-9-5-14(6-10-18)21-16-11-13(3-4-15(16)20-2)12-17(19)7-8-17/h3-4,11,14,19H,5-10,12H2,1-2H3. The van der Waals surface area contributed by atoms with Gasteiger partial charge in [-0.3, -0.25) is 0 Å². The van der Waals surface area contributed by atoms with Gasteiger partial charge >= 0.3 is 0 Å². The average Bonchev–Trinajstić information content (AvgIpc) is 3.19. The molecule has 2 aliphatic rings. The second-order valence-corrected chi connectivity index (χ2v) is 6.51. The van der Waals surface area contributed by atoms with Crippen LogP contribution in [0.3, 0.4) is 0 Å². The summed E-state index contributed by atoms with van der Waals surface area (Å²) in [5.41, 5.74) is 0.651. The quantitative estimate of drug-likeness (QED) is 0.903. The summed E-state index contributed by atoms with van der Waals surface area (Å²) in [6, 6.07) is 6.01. The fourth-order valence-electron chi connectivity index (χ4n) is 2.91. The first-order valence-corrected chi connectivity index (χ1v) is 7.82. The third-order valence-electron chi connectivity index (χ3n) is 4.55. The lowest BCUT2D eigenvalue weighted by atomic mass is 10.1. The lowest BCUT2D eigenvalue weighted by Crippen LogP contribution is -2.35. The maximum Gasteiger partial charge on any atom is 0.161 e. The molecule has 0 radical (unpaired) electrons. The van der Waals surface area contributed by atoms with E-state index in [1.165, 1.54) is 0 Å². The maximum atomic E-state index is 10.1. The second kappa shape index (κ2) is 5.85. The molecule has 1 aliphatic heterocycles. The van der Waals surface area contributed by atoms with Crippen LogP contribution in [0.2, 0.25) is 0 Å². The van der Waals surface area contributed by atoms with Gasteiger partial charge < -0.3 is 19.5 Å². The van der Waals surface area contributed by atoms with E-state index in [0.717, 1.165) is 55.8 Å². The highest BCUT2D eigenvalue weighted by Gasteiger charge is 2.40. The molecule has 0 amide bonds. The SMILES string of the molecule is COc1ccc(CC2(O)CC2)cc1OC1CCN(C)CC1. The van der Waals surface area contributed by atoms with Gasteiger partial charge in [0.05, 0.1) is 12.7 Å². The molecule has 0 bridgehead atoms. The lowest BCUT2D eigenvalue weighted by Gasteiger charge is -2.29. The van der Waals surface area contributed by atoms with Crippen molar-refractivity contribution >= 4 is 0 Å². The van der Waals surface area contributed by atoms with E-state index in [1.807, 2.05) is 18.2 Å². The zero-order valence-electron chi connectivity index (χ0n) is 13.0. The van der Waals surface area contributed by atoms with Gasteiger partial charge in [-0.15, -0.1) is 0 Å². The van der Waals surface area contributed by atoms with Crippen molar-refractivity contribution in [2.45, 2.75) is 43.8 Å². The van der Waals surface area contributed by atoms with E-state index in [0.29, 0.717) is 6.42 Å². The topological polar surface area (TPSA) is 41.9 Å². The van der Waals surface area contributed by atoms with Crippen molar-refractivity contribution in [2.75, 3.05) is 27.2 Å². The Labute approximate surface area is 126 Å². The van der Waals surface area contributed by atoms with Gasteiger partial charge in [0.15, 0.2) is 11.5 Å². The number of hydrogen-bond acceptors (Lipinski definition) is 4.